The Kier molecular flexibility index (Phi) is 7.33. The molecule has 0 aliphatic rings. The fourth-order valence-corrected chi connectivity index (χ4v) is 1.32. The predicted molar refractivity (Wildman–Crippen MR) is 65.5 cm³/mol. The van der Waals surface area contributed by atoms with Crippen LogP contribution in [0.15, 0.2) is 4.99 Å². The van der Waals surface area contributed by atoms with Crippen LogP contribution in [0.3, 0.4) is 0 Å². The van der Waals surface area contributed by atoms with Crippen molar-refractivity contribution in [2.45, 2.75) is 19.8 Å². The zero-order chi connectivity index (χ0) is 12.6. The van der Waals surface area contributed by atoms with Crippen molar-refractivity contribution in [3.05, 3.63) is 0 Å². The lowest BCUT2D eigenvalue weighted by Crippen LogP contribution is -2.35. The molecule has 0 aromatic carbocycles. The second-order valence-electron chi connectivity index (χ2n) is 3.88. The number of hydrogen-bond acceptors (Lipinski definition) is 3. The standard InChI is InChI=1S/C11H23N3O2/c1-6-16-10(15)8-7-9-12-11(13(2)3)14(4)5/h6-9H2,1-5H3. The van der Waals surface area contributed by atoms with Gasteiger partial charge in [-0.25, -0.2) is 0 Å². The van der Waals surface area contributed by atoms with E-state index >= 15 is 0 Å². The molecule has 0 atom stereocenters. The lowest BCUT2D eigenvalue weighted by Gasteiger charge is -2.22. The SMILES string of the molecule is CCOC(=O)CCCN=C(N(C)C)N(C)C. The molecule has 0 bridgehead atoms. The van der Waals surface area contributed by atoms with Gasteiger partial charge < -0.3 is 14.5 Å². The highest BCUT2D eigenvalue weighted by Crippen LogP contribution is 1.96. The van der Waals surface area contributed by atoms with Crippen molar-refractivity contribution in [2.24, 2.45) is 4.99 Å². The molecule has 5 heteroatoms. The monoisotopic (exact) mass is 229 g/mol. The summed E-state index contributed by atoms with van der Waals surface area (Å²) >= 11 is 0. The van der Waals surface area contributed by atoms with Gasteiger partial charge in [0.1, 0.15) is 0 Å². The lowest BCUT2D eigenvalue weighted by atomic mass is 10.3. The Labute approximate surface area is 98.1 Å². The van der Waals surface area contributed by atoms with E-state index in [2.05, 4.69) is 4.99 Å². The lowest BCUT2D eigenvalue weighted by molar-refractivity contribution is -0.143. The molecule has 5 nitrogen and oxygen atoms in total. The van der Waals surface area contributed by atoms with Crippen LogP contribution in [0.5, 0.6) is 0 Å². The summed E-state index contributed by atoms with van der Waals surface area (Å²) in [6.45, 7) is 2.90. The van der Waals surface area contributed by atoms with Gasteiger partial charge in [-0.3, -0.25) is 9.79 Å². The summed E-state index contributed by atoms with van der Waals surface area (Å²) in [4.78, 5) is 19.4. The van der Waals surface area contributed by atoms with Gasteiger partial charge >= 0.3 is 5.97 Å². The molecule has 0 amide bonds. The number of carbonyl (C=O) groups excluding carboxylic acids is 1. The summed E-state index contributed by atoms with van der Waals surface area (Å²) < 4.78 is 4.84. The van der Waals surface area contributed by atoms with Gasteiger partial charge in [0.2, 0.25) is 0 Å². The maximum atomic E-state index is 11.1. The molecule has 0 radical (unpaired) electrons. The fraction of sp³-hybridized carbons (Fsp3) is 0.818. The molecule has 0 fully saturated rings. The van der Waals surface area contributed by atoms with E-state index in [1.165, 1.54) is 0 Å². The average Bonchev–Trinajstić information content (AvgIpc) is 2.16. The zero-order valence-electron chi connectivity index (χ0n) is 11.0. The number of hydrogen-bond donors (Lipinski definition) is 0. The Bertz CT molecular complexity index is 227. The smallest absolute Gasteiger partial charge is 0.305 e. The van der Waals surface area contributed by atoms with E-state index in [1.54, 1.807) is 0 Å². The van der Waals surface area contributed by atoms with Gasteiger partial charge in [-0.1, -0.05) is 0 Å². The van der Waals surface area contributed by atoms with E-state index in [9.17, 15) is 4.79 Å². The third-order valence-corrected chi connectivity index (χ3v) is 1.90. The first kappa shape index (κ1) is 14.7. The molecule has 94 valence electrons. The first-order valence-electron chi connectivity index (χ1n) is 5.53. The van der Waals surface area contributed by atoms with Gasteiger partial charge in [0, 0.05) is 41.2 Å². The van der Waals surface area contributed by atoms with Crippen molar-refractivity contribution in [3.63, 3.8) is 0 Å². The summed E-state index contributed by atoms with van der Waals surface area (Å²) in [5.41, 5.74) is 0. The number of ether oxygens (including phenoxy) is 1. The maximum absolute atomic E-state index is 11.1. The summed E-state index contributed by atoms with van der Waals surface area (Å²) in [5.74, 6) is 0.762. The number of carbonyl (C=O) groups is 1. The molecule has 0 aromatic rings. The van der Waals surface area contributed by atoms with E-state index < -0.39 is 0 Å². The van der Waals surface area contributed by atoms with Crippen LogP contribution in [-0.4, -0.2) is 63.1 Å². The minimum absolute atomic E-state index is 0.144. The van der Waals surface area contributed by atoms with Gasteiger partial charge in [-0.05, 0) is 13.3 Å². The van der Waals surface area contributed by atoms with Crippen molar-refractivity contribution in [3.8, 4) is 0 Å². The maximum Gasteiger partial charge on any atom is 0.305 e. The zero-order valence-corrected chi connectivity index (χ0v) is 11.0. The third kappa shape index (κ3) is 6.27. The van der Waals surface area contributed by atoms with E-state index in [-0.39, 0.29) is 5.97 Å². The topological polar surface area (TPSA) is 45.1 Å². The van der Waals surface area contributed by atoms with Crippen LogP contribution in [0.4, 0.5) is 0 Å². The van der Waals surface area contributed by atoms with E-state index in [0.717, 1.165) is 12.4 Å². The van der Waals surface area contributed by atoms with Crippen molar-refractivity contribution in [1.29, 1.82) is 0 Å². The van der Waals surface area contributed by atoms with Crippen LogP contribution < -0.4 is 0 Å². The van der Waals surface area contributed by atoms with Crippen LogP contribution >= 0.6 is 0 Å². The summed E-state index contributed by atoms with van der Waals surface area (Å²) in [7, 11) is 7.79. The quantitative estimate of drug-likeness (QED) is 0.303. The third-order valence-electron chi connectivity index (χ3n) is 1.90. The second-order valence-corrected chi connectivity index (χ2v) is 3.88. The number of aliphatic imine (C=N–C) groups is 1. The Morgan fingerprint density at radius 1 is 1.19 bits per heavy atom. The first-order valence-corrected chi connectivity index (χ1v) is 5.53. The van der Waals surface area contributed by atoms with Crippen LogP contribution in [0.1, 0.15) is 19.8 Å². The van der Waals surface area contributed by atoms with Crippen LogP contribution in [0.25, 0.3) is 0 Å². The van der Waals surface area contributed by atoms with Crippen molar-refractivity contribution in [2.75, 3.05) is 41.3 Å². The Hall–Kier alpha value is -1.26. The fourth-order valence-electron chi connectivity index (χ4n) is 1.32. The van der Waals surface area contributed by atoms with Gasteiger partial charge in [0.25, 0.3) is 0 Å². The molecule has 0 aromatic heterocycles. The summed E-state index contributed by atoms with van der Waals surface area (Å²) in [6.07, 6.45) is 1.16. The van der Waals surface area contributed by atoms with Gasteiger partial charge in [0.05, 0.1) is 6.61 Å². The highest BCUT2D eigenvalue weighted by Gasteiger charge is 2.04. The molecule has 0 N–H and O–H groups in total. The molecule has 0 aliphatic carbocycles. The molecule has 0 saturated heterocycles. The molecule has 0 unspecified atom stereocenters. The highest BCUT2D eigenvalue weighted by molar-refractivity contribution is 5.79. The minimum Gasteiger partial charge on any atom is -0.466 e. The normalized spacial score (nSPS) is 9.56. The highest BCUT2D eigenvalue weighted by atomic mass is 16.5. The summed E-state index contributed by atoms with van der Waals surface area (Å²) in [5, 5.41) is 0. The predicted octanol–water partition coefficient (Wildman–Crippen LogP) is 0.809. The van der Waals surface area contributed by atoms with Crippen molar-refractivity contribution >= 4 is 11.9 Å². The van der Waals surface area contributed by atoms with E-state index in [1.807, 2.05) is 44.9 Å². The molecule has 0 rings (SSSR count). The minimum atomic E-state index is -0.144. The van der Waals surface area contributed by atoms with Crippen LogP contribution in [0, 0.1) is 0 Å². The number of nitrogens with zero attached hydrogens (tertiary/aromatic N) is 3. The molecule has 0 heterocycles. The molecule has 0 spiro atoms. The van der Waals surface area contributed by atoms with Gasteiger partial charge in [-0.2, -0.15) is 0 Å². The molecule has 16 heavy (non-hydrogen) atoms. The average molecular weight is 229 g/mol. The Morgan fingerprint density at radius 2 is 1.75 bits per heavy atom. The van der Waals surface area contributed by atoms with E-state index in [4.69, 9.17) is 4.74 Å². The second kappa shape index (κ2) is 7.96. The first-order chi connectivity index (χ1) is 7.49. The Balaban J connectivity index is 3.92. The van der Waals surface area contributed by atoms with Gasteiger partial charge in [-0.15, -0.1) is 0 Å². The van der Waals surface area contributed by atoms with Crippen molar-refractivity contribution < 1.29 is 9.53 Å². The van der Waals surface area contributed by atoms with Crippen LogP contribution in [-0.2, 0) is 9.53 Å². The molecular weight excluding hydrogens is 206 g/mol. The Morgan fingerprint density at radius 3 is 2.19 bits per heavy atom. The number of guanidine groups is 1. The van der Waals surface area contributed by atoms with Crippen molar-refractivity contribution in [1.82, 2.24) is 9.80 Å². The molecule has 0 aliphatic heterocycles. The molecular formula is C11H23N3O2. The van der Waals surface area contributed by atoms with E-state index in [0.29, 0.717) is 19.6 Å². The van der Waals surface area contributed by atoms with Crippen LogP contribution in [0.2, 0.25) is 0 Å². The largest absolute Gasteiger partial charge is 0.466 e. The summed E-state index contributed by atoms with van der Waals surface area (Å²) in [6, 6.07) is 0. The number of rotatable bonds is 5. The van der Waals surface area contributed by atoms with Gasteiger partial charge in [0.15, 0.2) is 5.96 Å². The molecule has 0 saturated carbocycles. The number of esters is 1.